The van der Waals surface area contributed by atoms with Gasteiger partial charge in [-0.25, -0.2) is 9.79 Å². The SMILES string of the molecule is CCOC(=O)C1C(C)=NC(=O)NC1c1ccc(OC)c(Br)c1. The molecule has 1 heterocycles. The summed E-state index contributed by atoms with van der Waals surface area (Å²) in [5, 5.41) is 2.73. The molecule has 1 aromatic rings. The van der Waals surface area contributed by atoms with Gasteiger partial charge in [0.15, 0.2) is 0 Å². The fourth-order valence-electron chi connectivity index (χ4n) is 2.41. The van der Waals surface area contributed by atoms with Crippen LogP contribution in [0.1, 0.15) is 25.5 Å². The Bertz CT molecular complexity index is 630. The summed E-state index contributed by atoms with van der Waals surface area (Å²) in [5.74, 6) is -0.373. The van der Waals surface area contributed by atoms with Gasteiger partial charge in [0.25, 0.3) is 0 Å². The Kier molecular flexibility index (Phi) is 5.18. The second-order valence-corrected chi connectivity index (χ2v) is 5.66. The molecule has 0 aliphatic carbocycles. The number of esters is 1. The van der Waals surface area contributed by atoms with E-state index in [1.807, 2.05) is 6.07 Å². The summed E-state index contributed by atoms with van der Waals surface area (Å²) >= 11 is 3.41. The lowest BCUT2D eigenvalue weighted by atomic mass is 9.88. The maximum atomic E-state index is 12.2. The van der Waals surface area contributed by atoms with E-state index >= 15 is 0 Å². The summed E-state index contributed by atoms with van der Waals surface area (Å²) in [4.78, 5) is 27.7. The number of amides is 2. The normalized spacial score (nSPS) is 20.9. The van der Waals surface area contributed by atoms with E-state index in [4.69, 9.17) is 9.47 Å². The minimum Gasteiger partial charge on any atom is -0.496 e. The Morgan fingerprint density at radius 1 is 1.45 bits per heavy atom. The number of nitrogens with zero attached hydrogens (tertiary/aromatic N) is 1. The van der Waals surface area contributed by atoms with Gasteiger partial charge in [0.2, 0.25) is 0 Å². The summed E-state index contributed by atoms with van der Waals surface area (Å²) < 4.78 is 11.0. The van der Waals surface area contributed by atoms with Crippen molar-refractivity contribution in [1.82, 2.24) is 5.32 Å². The molecule has 7 heteroatoms. The molecule has 0 saturated heterocycles. The van der Waals surface area contributed by atoms with Crippen molar-refractivity contribution in [2.45, 2.75) is 19.9 Å². The van der Waals surface area contributed by atoms with Crippen molar-refractivity contribution >= 4 is 33.6 Å². The second-order valence-electron chi connectivity index (χ2n) is 4.80. The number of nitrogens with one attached hydrogen (secondary N) is 1. The van der Waals surface area contributed by atoms with Crippen LogP contribution in [-0.2, 0) is 9.53 Å². The predicted octanol–water partition coefficient (Wildman–Crippen LogP) is 2.86. The fraction of sp³-hybridized carbons (Fsp3) is 0.400. The zero-order valence-electron chi connectivity index (χ0n) is 12.6. The van der Waals surface area contributed by atoms with Gasteiger partial charge in [-0.15, -0.1) is 0 Å². The van der Waals surface area contributed by atoms with Crippen LogP contribution in [0.4, 0.5) is 4.79 Å². The van der Waals surface area contributed by atoms with E-state index in [-0.39, 0.29) is 6.61 Å². The molecule has 1 aliphatic rings. The number of rotatable bonds is 4. The van der Waals surface area contributed by atoms with Crippen LogP contribution in [0.25, 0.3) is 0 Å². The number of halogens is 1. The third kappa shape index (κ3) is 3.30. The number of carbonyl (C=O) groups is 2. The van der Waals surface area contributed by atoms with Gasteiger partial charge >= 0.3 is 12.0 Å². The van der Waals surface area contributed by atoms with Crippen molar-refractivity contribution < 1.29 is 19.1 Å². The number of carbonyl (C=O) groups excluding carboxylic acids is 2. The number of urea groups is 1. The summed E-state index contributed by atoms with van der Waals surface area (Å²) in [6.45, 7) is 3.67. The minimum atomic E-state index is -0.641. The average Bonchev–Trinajstić information content (AvgIpc) is 2.46. The predicted molar refractivity (Wildman–Crippen MR) is 85.2 cm³/mol. The molecule has 1 aromatic carbocycles. The van der Waals surface area contributed by atoms with E-state index in [9.17, 15) is 9.59 Å². The summed E-state index contributed by atoms with van der Waals surface area (Å²) in [5.41, 5.74) is 1.22. The molecule has 2 rings (SSSR count). The van der Waals surface area contributed by atoms with Gasteiger partial charge in [0.05, 0.1) is 24.2 Å². The van der Waals surface area contributed by atoms with Gasteiger partial charge in [0, 0.05) is 5.71 Å². The van der Waals surface area contributed by atoms with Gasteiger partial charge in [-0.2, -0.15) is 0 Å². The molecule has 1 N–H and O–H groups in total. The van der Waals surface area contributed by atoms with Crippen LogP contribution in [0.15, 0.2) is 27.7 Å². The Morgan fingerprint density at radius 2 is 2.18 bits per heavy atom. The van der Waals surface area contributed by atoms with Crippen molar-refractivity contribution in [2.24, 2.45) is 10.9 Å². The van der Waals surface area contributed by atoms with E-state index < -0.39 is 24.0 Å². The Morgan fingerprint density at radius 3 is 2.77 bits per heavy atom. The van der Waals surface area contributed by atoms with Crippen LogP contribution >= 0.6 is 15.9 Å². The quantitative estimate of drug-likeness (QED) is 0.828. The van der Waals surface area contributed by atoms with E-state index in [1.54, 1.807) is 33.1 Å². The average molecular weight is 369 g/mol. The van der Waals surface area contributed by atoms with Crippen molar-refractivity contribution in [1.29, 1.82) is 0 Å². The van der Waals surface area contributed by atoms with Gasteiger partial charge in [-0.1, -0.05) is 6.07 Å². The first kappa shape index (κ1) is 16.5. The number of aliphatic imine (C=N–C) groups is 1. The first-order valence-corrected chi connectivity index (χ1v) is 7.63. The highest BCUT2D eigenvalue weighted by atomic mass is 79.9. The van der Waals surface area contributed by atoms with Crippen LogP contribution in [0.5, 0.6) is 5.75 Å². The molecule has 0 radical (unpaired) electrons. The third-order valence-corrected chi connectivity index (χ3v) is 4.04. The minimum absolute atomic E-state index is 0.273. The van der Waals surface area contributed by atoms with Crippen LogP contribution in [-0.4, -0.2) is 31.4 Å². The first-order chi connectivity index (χ1) is 10.5. The highest BCUT2D eigenvalue weighted by Gasteiger charge is 2.38. The molecule has 2 unspecified atom stereocenters. The molecule has 118 valence electrons. The molecule has 1 aliphatic heterocycles. The lowest BCUT2D eigenvalue weighted by molar-refractivity contribution is -0.146. The standard InChI is InChI=1S/C15H17BrN2O4/c1-4-22-14(19)12-8(2)17-15(20)18-13(12)9-5-6-11(21-3)10(16)7-9/h5-7,12-13H,4H2,1-3H3,(H,18,20). The molecule has 0 aromatic heterocycles. The van der Waals surface area contributed by atoms with Crippen molar-refractivity contribution in [3.05, 3.63) is 28.2 Å². The van der Waals surface area contributed by atoms with E-state index in [0.717, 1.165) is 10.0 Å². The Hall–Kier alpha value is -1.89. The monoisotopic (exact) mass is 368 g/mol. The maximum Gasteiger partial charge on any atom is 0.341 e. The van der Waals surface area contributed by atoms with Crippen LogP contribution in [0, 0.1) is 5.92 Å². The number of ether oxygens (including phenoxy) is 2. The fourth-order valence-corrected chi connectivity index (χ4v) is 2.97. The highest BCUT2D eigenvalue weighted by Crippen LogP contribution is 2.33. The van der Waals surface area contributed by atoms with E-state index in [2.05, 4.69) is 26.2 Å². The summed E-state index contributed by atoms with van der Waals surface area (Å²) in [7, 11) is 1.57. The van der Waals surface area contributed by atoms with Crippen LogP contribution < -0.4 is 10.1 Å². The van der Waals surface area contributed by atoms with Crippen molar-refractivity contribution in [3.8, 4) is 5.75 Å². The van der Waals surface area contributed by atoms with Crippen LogP contribution in [0.3, 0.4) is 0 Å². The Balaban J connectivity index is 2.41. The van der Waals surface area contributed by atoms with Crippen molar-refractivity contribution in [3.63, 3.8) is 0 Å². The van der Waals surface area contributed by atoms with Gasteiger partial charge in [-0.3, -0.25) is 4.79 Å². The lowest BCUT2D eigenvalue weighted by Crippen LogP contribution is -2.44. The first-order valence-electron chi connectivity index (χ1n) is 6.83. The zero-order chi connectivity index (χ0) is 16.3. The van der Waals surface area contributed by atoms with E-state index in [0.29, 0.717) is 11.5 Å². The summed E-state index contributed by atoms with van der Waals surface area (Å²) in [6, 6.07) is 4.41. The number of hydrogen-bond acceptors (Lipinski definition) is 4. The highest BCUT2D eigenvalue weighted by molar-refractivity contribution is 9.10. The maximum absolute atomic E-state index is 12.2. The molecule has 6 nitrogen and oxygen atoms in total. The largest absolute Gasteiger partial charge is 0.496 e. The van der Waals surface area contributed by atoms with Crippen molar-refractivity contribution in [2.75, 3.05) is 13.7 Å². The summed E-state index contributed by atoms with van der Waals surface area (Å²) in [6.07, 6.45) is 0. The molecule has 2 atom stereocenters. The van der Waals surface area contributed by atoms with E-state index in [1.165, 1.54) is 0 Å². The molecule has 0 saturated carbocycles. The molecule has 0 bridgehead atoms. The van der Waals surface area contributed by atoms with Gasteiger partial charge < -0.3 is 14.8 Å². The lowest BCUT2D eigenvalue weighted by Gasteiger charge is -2.29. The van der Waals surface area contributed by atoms with Gasteiger partial charge in [0.1, 0.15) is 11.7 Å². The Labute approximate surface area is 137 Å². The molecule has 0 spiro atoms. The molecular formula is C15H17BrN2O4. The second kappa shape index (κ2) is 6.91. The number of benzene rings is 1. The molecule has 22 heavy (non-hydrogen) atoms. The molecule has 2 amide bonds. The van der Waals surface area contributed by atoms with Gasteiger partial charge in [-0.05, 0) is 47.5 Å². The molecular weight excluding hydrogens is 352 g/mol. The topological polar surface area (TPSA) is 77.0 Å². The van der Waals surface area contributed by atoms with Crippen LogP contribution in [0.2, 0.25) is 0 Å². The third-order valence-electron chi connectivity index (χ3n) is 3.42. The number of methoxy groups -OCH3 is 1. The zero-order valence-corrected chi connectivity index (χ0v) is 14.1. The number of hydrogen-bond donors (Lipinski definition) is 1. The molecule has 0 fully saturated rings. The smallest absolute Gasteiger partial charge is 0.341 e.